The molecule has 1 aromatic rings. The number of aryl methyl sites for hydroxylation is 1. The lowest BCUT2D eigenvalue weighted by Gasteiger charge is -2.13. The van der Waals surface area contributed by atoms with Crippen molar-refractivity contribution in [3.8, 4) is 0 Å². The predicted octanol–water partition coefficient (Wildman–Crippen LogP) is -1.67. The SMILES string of the molecule is [B]c1nc(C)c(CC)c([B])c1[B]. The number of rotatable bonds is 1. The maximum atomic E-state index is 5.75. The van der Waals surface area contributed by atoms with E-state index in [-0.39, 0.29) is 0 Å². The van der Waals surface area contributed by atoms with Gasteiger partial charge in [0.25, 0.3) is 0 Å². The lowest BCUT2D eigenvalue weighted by molar-refractivity contribution is 1.08. The third-order valence-corrected chi connectivity index (χ3v) is 1.97. The van der Waals surface area contributed by atoms with E-state index in [0.29, 0.717) is 16.5 Å². The molecule has 0 amide bonds. The van der Waals surface area contributed by atoms with Crippen LogP contribution in [0.4, 0.5) is 0 Å². The van der Waals surface area contributed by atoms with Crippen molar-refractivity contribution < 1.29 is 0 Å². The molecular formula is C8H8B3N. The molecule has 0 spiro atoms. The molecule has 0 fully saturated rings. The van der Waals surface area contributed by atoms with Gasteiger partial charge in [-0.1, -0.05) is 17.8 Å². The van der Waals surface area contributed by atoms with E-state index in [1.807, 2.05) is 13.8 Å². The highest BCUT2D eigenvalue weighted by Crippen LogP contribution is 1.97. The highest BCUT2D eigenvalue weighted by atomic mass is 14.7. The van der Waals surface area contributed by atoms with Crippen LogP contribution >= 0.6 is 0 Å². The van der Waals surface area contributed by atoms with Crippen molar-refractivity contribution in [2.45, 2.75) is 20.3 Å². The van der Waals surface area contributed by atoms with Crippen LogP contribution in [0.2, 0.25) is 0 Å². The molecule has 6 radical (unpaired) electrons. The fourth-order valence-corrected chi connectivity index (χ4v) is 1.25. The van der Waals surface area contributed by atoms with Gasteiger partial charge in [0.2, 0.25) is 0 Å². The summed E-state index contributed by atoms with van der Waals surface area (Å²) in [5, 5.41) is 0. The van der Waals surface area contributed by atoms with E-state index >= 15 is 0 Å². The van der Waals surface area contributed by atoms with Crippen molar-refractivity contribution in [3.05, 3.63) is 11.3 Å². The van der Waals surface area contributed by atoms with Crippen molar-refractivity contribution in [1.29, 1.82) is 0 Å². The highest BCUT2D eigenvalue weighted by molar-refractivity contribution is 6.56. The van der Waals surface area contributed by atoms with Gasteiger partial charge in [-0.05, 0) is 24.5 Å². The van der Waals surface area contributed by atoms with E-state index in [4.69, 9.17) is 23.5 Å². The first-order chi connectivity index (χ1) is 5.57. The van der Waals surface area contributed by atoms with Gasteiger partial charge in [0.05, 0.1) is 0 Å². The Morgan fingerprint density at radius 2 is 1.75 bits per heavy atom. The van der Waals surface area contributed by atoms with Gasteiger partial charge >= 0.3 is 0 Å². The summed E-state index contributed by atoms with van der Waals surface area (Å²) in [6.07, 6.45) is 0.829. The van der Waals surface area contributed by atoms with Crippen molar-refractivity contribution in [1.82, 2.24) is 4.98 Å². The molecule has 1 heterocycles. The molecule has 1 aromatic heterocycles. The summed E-state index contributed by atoms with van der Waals surface area (Å²) in [6.45, 7) is 3.89. The minimum Gasteiger partial charge on any atom is -0.270 e. The number of pyridine rings is 1. The number of nitrogens with zero attached hydrogens (tertiary/aromatic N) is 1. The average Bonchev–Trinajstić information content (AvgIpc) is 2.01. The van der Waals surface area contributed by atoms with Crippen LogP contribution in [-0.2, 0) is 6.42 Å². The number of hydrogen-bond donors (Lipinski definition) is 0. The molecule has 1 rings (SSSR count). The van der Waals surface area contributed by atoms with Gasteiger partial charge in [-0.2, -0.15) is 0 Å². The Kier molecular flexibility index (Phi) is 2.66. The van der Waals surface area contributed by atoms with Gasteiger partial charge in [0, 0.05) is 5.69 Å². The van der Waals surface area contributed by atoms with Crippen LogP contribution in [0.3, 0.4) is 0 Å². The van der Waals surface area contributed by atoms with Crippen LogP contribution < -0.4 is 16.5 Å². The molecule has 0 aliphatic heterocycles. The minimum absolute atomic E-state index is 0.321. The molecule has 0 N–H and O–H groups in total. The summed E-state index contributed by atoms with van der Waals surface area (Å²) in [4.78, 5) is 4.08. The zero-order chi connectivity index (χ0) is 9.30. The van der Waals surface area contributed by atoms with Crippen LogP contribution in [-0.4, -0.2) is 28.5 Å². The van der Waals surface area contributed by atoms with Crippen molar-refractivity contribution in [2.24, 2.45) is 0 Å². The van der Waals surface area contributed by atoms with Gasteiger partial charge < -0.3 is 0 Å². The van der Waals surface area contributed by atoms with Crippen molar-refractivity contribution >= 4 is 40.1 Å². The van der Waals surface area contributed by atoms with Gasteiger partial charge in [0.1, 0.15) is 23.5 Å². The molecular weight excluding hydrogens is 143 g/mol. The summed E-state index contributed by atoms with van der Waals surface area (Å²) < 4.78 is 0. The minimum atomic E-state index is 0.321. The second kappa shape index (κ2) is 3.38. The maximum absolute atomic E-state index is 5.75. The third kappa shape index (κ3) is 1.43. The first kappa shape index (κ1) is 9.43. The number of aromatic nitrogens is 1. The number of hydrogen-bond acceptors (Lipinski definition) is 1. The normalized spacial score (nSPS) is 10.2. The largest absolute Gasteiger partial charge is 0.270 e. The first-order valence-corrected chi connectivity index (χ1v) is 3.87. The Balaban J connectivity index is 3.40. The fourth-order valence-electron chi connectivity index (χ4n) is 1.25. The molecule has 12 heavy (non-hydrogen) atoms. The van der Waals surface area contributed by atoms with Crippen LogP contribution in [0.25, 0.3) is 0 Å². The van der Waals surface area contributed by atoms with E-state index < -0.39 is 0 Å². The summed E-state index contributed by atoms with van der Waals surface area (Å²) in [6, 6.07) is 0. The maximum Gasteiger partial charge on any atom is 0.140 e. The zero-order valence-corrected chi connectivity index (χ0v) is 7.39. The Morgan fingerprint density at radius 3 is 2.25 bits per heavy atom. The second-order valence-electron chi connectivity index (χ2n) is 2.74. The van der Waals surface area contributed by atoms with Crippen molar-refractivity contribution in [2.75, 3.05) is 0 Å². The lowest BCUT2D eigenvalue weighted by Crippen LogP contribution is -2.43. The topological polar surface area (TPSA) is 12.9 Å². The highest BCUT2D eigenvalue weighted by Gasteiger charge is 2.05. The van der Waals surface area contributed by atoms with Crippen LogP contribution in [0, 0.1) is 6.92 Å². The monoisotopic (exact) mass is 151 g/mol. The molecule has 0 saturated heterocycles. The van der Waals surface area contributed by atoms with E-state index in [0.717, 1.165) is 17.7 Å². The van der Waals surface area contributed by atoms with Crippen LogP contribution in [0.15, 0.2) is 0 Å². The van der Waals surface area contributed by atoms with Crippen LogP contribution in [0.5, 0.6) is 0 Å². The molecule has 0 bridgehead atoms. The van der Waals surface area contributed by atoms with Gasteiger partial charge in [-0.15, -0.1) is 0 Å². The average molecular weight is 151 g/mol. The van der Waals surface area contributed by atoms with Gasteiger partial charge in [0.15, 0.2) is 0 Å². The van der Waals surface area contributed by atoms with E-state index in [2.05, 4.69) is 4.98 Å². The Morgan fingerprint density at radius 1 is 1.17 bits per heavy atom. The standard InChI is InChI=1S/C8H8B3N/c1-3-5-4(2)12-8(11)7(10)6(5)9/h3H2,1-2H3. The van der Waals surface area contributed by atoms with Crippen molar-refractivity contribution in [3.63, 3.8) is 0 Å². The molecule has 0 aliphatic rings. The summed E-state index contributed by atoms with van der Waals surface area (Å²) in [5.41, 5.74) is 3.14. The van der Waals surface area contributed by atoms with Gasteiger partial charge in [-0.25, -0.2) is 0 Å². The predicted molar refractivity (Wildman–Crippen MR) is 54.5 cm³/mol. The molecule has 0 aliphatic carbocycles. The molecule has 54 valence electrons. The van der Waals surface area contributed by atoms with E-state index in [1.165, 1.54) is 0 Å². The van der Waals surface area contributed by atoms with E-state index in [9.17, 15) is 0 Å². The fraction of sp³-hybridized carbons (Fsp3) is 0.375. The Labute approximate surface area is 77.2 Å². The Bertz CT molecular complexity index is 310. The Hall–Kier alpha value is -0.655. The zero-order valence-electron chi connectivity index (χ0n) is 7.39. The second-order valence-corrected chi connectivity index (χ2v) is 2.74. The molecule has 0 atom stereocenters. The summed E-state index contributed by atoms with van der Waals surface area (Å²) in [5.74, 6) is 0. The quantitative estimate of drug-likeness (QED) is 0.437. The lowest BCUT2D eigenvalue weighted by atomic mass is 9.72. The molecule has 1 nitrogen and oxygen atoms in total. The third-order valence-electron chi connectivity index (χ3n) is 1.97. The molecule has 4 heteroatoms. The smallest absolute Gasteiger partial charge is 0.140 e. The van der Waals surface area contributed by atoms with E-state index in [1.54, 1.807) is 0 Å². The molecule has 0 saturated carbocycles. The molecule has 0 aromatic carbocycles. The van der Waals surface area contributed by atoms with Crippen LogP contribution in [0.1, 0.15) is 18.2 Å². The summed E-state index contributed by atoms with van der Waals surface area (Å²) >= 11 is 0. The first-order valence-electron chi connectivity index (χ1n) is 3.87. The molecule has 0 unspecified atom stereocenters. The summed E-state index contributed by atoms with van der Waals surface area (Å²) in [7, 11) is 16.9. The van der Waals surface area contributed by atoms with Gasteiger partial charge in [-0.3, -0.25) is 4.98 Å².